The minimum Gasteiger partial charge on any atom is -0.327 e. The third-order valence-corrected chi connectivity index (χ3v) is 4.91. The molecule has 0 saturated carbocycles. The second kappa shape index (κ2) is 6.56. The molecule has 1 rings (SSSR count). The molecule has 0 aliphatic heterocycles. The highest BCUT2D eigenvalue weighted by atomic mass is 14.7. The molecule has 4 unspecified atom stereocenters. The molecular weight excluding hydrogens is 218 g/mol. The molecule has 0 spiro atoms. The van der Waals surface area contributed by atoms with Gasteiger partial charge in [-0.3, -0.25) is 0 Å². The first kappa shape index (κ1) is 15.5. The molecule has 0 heterocycles. The van der Waals surface area contributed by atoms with Crippen LogP contribution >= 0.6 is 0 Å². The highest BCUT2D eigenvalue weighted by molar-refractivity contribution is 5.18. The van der Waals surface area contributed by atoms with Crippen molar-refractivity contribution in [1.82, 2.24) is 0 Å². The topological polar surface area (TPSA) is 26.0 Å². The van der Waals surface area contributed by atoms with Crippen molar-refractivity contribution in [2.45, 2.75) is 59.9 Å². The highest BCUT2D eigenvalue weighted by Gasteiger charge is 2.41. The molecule has 103 valence electrons. The molecule has 0 bridgehead atoms. The number of rotatable bonds is 6. The van der Waals surface area contributed by atoms with E-state index in [1.807, 2.05) is 6.08 Å². The van der Waals surface area contributed by atoms with E-state index in [2.05, 4.69) is 52.8 Å². The zero-order valence-corrected chi connectivity index (χ0v) is 12.7. The summed E-state index contributed by atoms with van der Waals surface area (Å²) in [5.74, 6) is 1.79. The first-order valence-electron chi connectivity index (χ1n) is 7.45. The van der Waals surface area contributed by atoms with Gasteiger partial charge in [0.1, 0.15) is 0 Å². The summed E-state index contributed by atoms with van der Waals surface area (Å²) in [6, 6.07) is 0.219. The second-order valence-corrected chi connectivity index (χ2v) is 6.34. The number of hydrogen-bond acceptors (Lipinski definition) is 1. The summed E-state index contributed by atoms with van der Waals surface area (Å²) in [7, 11) is 0. The zero-order chi connectivity index (χ0) is 13.8. The lowest BCUT2D eigenvalue weighted by Crippen LogP contribution is -2.50. The number of hydrogen-bond donors (Lipinski definition) is 1. The molecule has 2 N–H and O–H groups in total. The first-order chi connectivity index (χ1) is 8.45. The average Bonchev–Trinajstić information content (AvgIpc) is 2.37. The average molecular weight is 248 g/mol. The van der Waals surface area contributed by atoms with Gasteiger partial charge in [-0.2, -0.15) is 0 Å². The summed E-state index contributed by atoms with van der Waals surface area (Å²) in [5, 5.41) is 0. The Morgan fingerprint density at radius 1 is 1.28 bits per heavy atom. The van der Waals surface area contributed by atoms with Crippen LogP contribution in [0.1, 0.15) is 53.9 Å². The van der Waals surface area contributed by atoms with Gasteiger partial charge in [0.25, 0.3) is 0 Å². The molecular formula is C17H30N. The minimum atomic E-state index is 0.106. The van der Waals surface area contributed by atoms with Gasteiger partial charge in [0.05, 0.1) is 0 Å². The van der Waals surface area contributed by atoms with Crippen LogP contribution in [-0.4, -0.2) is 6.04 Å². The van der Waals surface area contributed by atoms with E-state index in [4.69, 9.17) is 5.73 Å². The lowest BCUT2D eigenvalue weighted by molar-refractivity contribution is 0.126. The van der Waals surface area contributed by atoms with Gasteiger partial charge < -0.3 is 5.73 Å². The predicted octanol–water partition coefficient (Wildman–Crippen LogP) is 4.35. The standard InChI is InChI=1S/C17H30N/c1-6-10-14(4)17(11-8-7-9-12-17)16(18)15(5)13(2)3/h7-8,11,13-16H,6,10,12,18H2,1-5H3. The van der Waals surface area contributed by atoms with Crippen molar-refractivity contribution in [3.63, 3.8) is 0 Å². The quantitative estimate of drug-likeness (QED) is 0.743. The largest absolute Gasteiger partial charge is 0.327 e. The van der Waals surface area contributed by atoms with E-state index in [1.165, 1.54) is 12.8 Å². The molecule has 0 fully saturated rings. The maximum atomic E-state index is 6.65. The molecule has 0 aromatic carbocycles. The van der Waals surface area contributed by atoms with E-state index < -0.39 is 0 Å². The van der Waals surface area contributed by atoms with Crippen molar-refractivity contribution in [3.8, 4) is 0 Å². The SMILES string of the molecule is CCCC(C)C1(C(N)C(C)C(C)C)C=CC=[C]C1. The summed E-state index contributed by atoms with van der Waals surface area (Å²) in [6.07, 6.45) is 13.4. The Bertz CT molecular complexity index is 303. The molecule has 0 saturated heterocycles. The van der Waals surface area contributed by atoms with Crippen molar-refractivity contribution in [1.29, 1.82) is 0 Å². The Hall–Kier alpha value is -0.560. The first-order valence-corrected chi connectivity index (χ1v) is 7.45. The van der Waals surface area contributed by atoms with Gasteiger partial charge in [0, 0.05) is 11.5 Å². The highest BCUT2D eigenvalue weighted by Crippen LogP contribution is 2.44. The van der Waals surface area contributed by atoms with E-state index in [0.717, 1.165) is 6.42 Å². The van der Waals surface area contributed by atoms with Crippen LogP contribution in [0.5, 0.6) is 0 Å². The van der Waals surface area contributed by atoms with E-state index in [-0.39, 0.29) is 11.5 Å². The summed E-state index contributed by atoms with van der Waals surface area (Å²) in [6.45, 7) is 11.5. The molecule has 1 aliphatic rings. The van der Waals surface area contributed by atoms with Crippen molar-refractivity contribution < 1.29 is 0 Å². The Labute approximate surface area is 114 Å². The number of allylic oxidation sites excluding steroid dienone is 3. The normalized spacial score (nSPS) is 28.4. The van der Waals surface area contributed by atoms with E-state index in [1.54, 1.807) is 0 Å². The molecule has 0 aromatic rings. The van der Waals surface area contributed by atoms with E-state index in [9.17, 15) is 0 Å². The van der Waals surface area contributed by atoms with Gasteiger partial charge in [-0.25, -0.2) is 0 Å². The Balaban J connectivity index is 2.97. The molecule has 1 aliphatic carbocycles. The van der Waals surface area contributed by atoms with Gasteiger partial charge in [-0.1, -0.05) is 65.7 Å². The molecule has 4 atom stereocenters. The van der Waals surface area contributed by atoms with Crippen LogP contribution in [-0.2, 0) is 0 Å². The third-order valence-electron chi connectivity index (χ3n) is 4.91. The van der Waals surface area contributed by atoms with Crippen LogP contribution in [0.25, 0.3) is 0 Å². The maximum Gasteiger partial charge on any atom is 0.0165 e. The lowest BCUT2D eigenvalue weighted by atomic mass is 9.61. The Morgan fingerprint density at radius 2 is 1.94 bits per heavy atom. The number of nitrogens with two attached hydrogens (primary N) is 1. The van der Waals surface area contributed by atoms with Gasteiger partial charge in [0.2, 0.25) is 0 Å². The van der Waals surface area contributed by atoms with Gasteiger partial charge in [-0.15, -0.1) is 0 Å². The van der Waals surface area contributed by atoms with Gasteiger partial charge in [-0.05, 0) is 30.3 Å². The molecule has 18 heavy (non-hydrogen) atoms. The predicted molar refractivity (Wildman–Crippen MR) is 80.1 cm³/mol. The molecule has 1 nitrogen and oxygen atoms in total. The summed E-state index contributed by atoms with van der Waals surface area (Å²) in [4.78, 5) is 0. The van der Waals surface area contributed by atoms with Crippen LogP contribution in [0.3, 0.4) is 0 Å². The Kier molecular flexibility index (Phi) is 5.65. The zero-order valence-electron chi connectivity index (χ0n) is 12.7. The smallest absolute Gasteiger partial charge is 0.0165 e. The second-order valence-electron chi connectivity index (χ2n) is 6.34. The van der Waals surface area contributed by atoms with Gasteiger partial charge >= 0.3 is 0 Å². The summed E-state index contributed by atoms with van der Waals surface area (Å²) in [5.41, 5.74) is 6.76. The van der Waals surface area contributed by atoms with Crippen molar-refractivity contribution in [3.05, 3.63) is 24.3 Å². The molecule has 0 aromatic heterocycles. The lowest BCUT2D eigenvalue weighted by Gasteiger charge is -2.45. The van der Waals surface area contributed by atoms with Crippen LogP contribution in [0, 0.1) is 29.2 Å². The van der Waals surface area contributed by atoms with Crippen LogP contribution in [0.2, 0.25) is 0 Å². The van der Waals surface area contributed by atoms with Crippen LogP contribution in [0.15, 0.2) is 18.2 Å². The van der Waals surface area contributed by atoms with Crippen molar-refractivity contribution >= 4 is 0 Å². The fourth-order valence-corrected chi connectivity index (χ4v) is 3.09. The summed E-state index contributed by atoms with van der Waals surface area (Å²) < 4.78 is 0. The van der Waals surface area contributed by atoms with E-state index in [0.29, 0.717) is 17.8 Å². The molecule has 1 radical (unpaired) electrons. The fraction of sp³-hybridized carbons (Fsp3) is 0.765. The fourth-order valence-electron chi connectivity index (χ4n) is 3.09. The Morgan fingerprint density at radius 3 is 2.39 bits per heavy atom. The van der Waals surface area contributed by atoms with Crippen LogP contribution < -0.4 is 5.73 Å². The monoisotopic (exact) mass is 248 g/mol. The third kappa shape index (κ3) is 3.06. The minimum absolute atomic E-state index is 0.106. The molecule has 1 heteroatoms. The molecule has 0 amide bonds. The van der Waals surface area contributed by atoms with Gasteiger partial charge in [0.15, 0.2) is 0 Å². The van der Waals surface area contributed by atoms with Crippen molar-refractivity contribution in [2.75, 3.05) is 0 Å². The maximum absolute atomic E-state index is 6.65. The van der Waals surface area contributed by atoms with Crippen LogP contribution in [0.4, 0.5) is 0 Å². The van der Waals surface area contributed by atoms with E-state index >= 15 is 0 Å². The summed E-state index contributed by atoms with van der Waals surface area (Å²) >= 11 is 0. The van der Waals surface area contributed by atoms with Crippen molar-refractivity contribution in [2.24, 2.45) is 28.9 Å².